The van der Waals surface area contributed by atoms with Crippen molar-refractivity contribution in [1.29, 1.82) is 0 Å². The van der Waals surface area contributed by atoms with Crippen LogP contribution in [0.5, 0.6) is 0 Å². The third-order valence-corrected chi connectivity index (χ3v) is 11.1. The molecule has 1 aromatic carbocycles. The first-order valence-corrected chi connectivity index (χ1v) is 12.6. The van der Waals surface area contributed by atoms with Crippen LogP contribution in [0.25, 0.3) is 10.8 Å². The van der Waals surface area contributed by atoms with Crippen LogP contribution in [0.15, 0.2) is 33.9 Å². The van der Waals surface area contributed by atoms with Crippen LogP contribution >= 0.6 is 7.92 Å². The van der Waals surface area contributed by atoms with Gasteiger partial charge in [0.1, 0.15) is 0 Å². The van der Waals surface area contributed by atoms with E-state index < -0.39 is 7.92 Å². The lowest BCUT2D eigenvalue weighted by Crippen LogP contribution is -2.41. The van der Waals surface area contributed by atoms with Crippen molar-refractivity contribution >= 4 is 18.7 Å². The largest absolute Gasteiger partial charge is 0.273 e. The molecule has 0 bridgehead atoms. The first kappa shape index (κ1) is 20.8. The second kappa shape index (κ2) is 7.08. The van der Waals surface area contributed by atoms with Crippen LogP contribution in [-0.4, -0.2) is 15.0 Å². The topological polar surface area (TPSA) is 44.0 Å². The Labute approximate surface area is 175 Å². The van der Waals surface area contributed by atoms with E-state index >= 15 is 0 Å². The zero-order chi connectivity index (χ0) is 21.1. The normalized spacial score (nSPS) is 26.1. The maximum Gasteiger partial charge on any atom is 0.273 e. The Bertz CT molecular complexity index is 957. The third kappa shape index (κ3) is 3.32. The standard InChI is InChI=1S/C24H35N2O2P/c1-23(2,3)21-25-19(27)17-14-10-11-15-18(17)20(28)26(25)22(24(4,5)6)29(21)16-12-8-7-9-13-16/h10-11,14-16,21-22H,7-9,12-13H2,1-6H3/t21-,22+,29?. The number of aromatic nitrogens is 2. The Morgan fingerprint density at radius 1 is 0.759 bits per heavy atom. The van der Waals surface area contributed by atoms with Crippen LogP contribution in [0.4, 0.5) is 0 Å². The Balaban J connectivity index is 2.08. The zero-order valence-electron chi connectivity index (χ0n) is 18.7. The van der Waals surface area contributed by atoms with Crippen LogP contribution in [0, 0.1) is 10.8 Å². The monoisotopic (exact) mass is 414 g/mol. The molecule has 0 N–H and O–H groups in total. The number of hydrogen-bond donors (Lipinski definition) is 0. The summed E-state index contributed by atoms with van der Waals surface area (Å²) in [4.78, 5) is 27.5. The summed E-state index contributed by atoms with van der Waals surface area (Å²) in [5.41, 5.74) is 0.486. The van der Waals surface area contributed by atoms with Crippen LogP contribution in [0.2, 0.25) is 0 Å². The van der Waals surface area contributed by atoms with Crippen molar-refractivity contribution in [2.24, 2.45) is 10.8 Å². The van der Waals surface area contributed by atoms with Gasteiger partial charge in [-0.25, -0.2) is 9.36 Å². The highest BCUT2D eigenvalue weighted by Crippen LogP contribution is 2.74. The van der Waals surface area contributed by atoms with Gasteiger partial charge < -0.3 is 0 Å². The van der Waals surface area contributed by atoms with Gasteiger partial charge in [-0.1, -0.05) is 80.9 Å². The molecule has 1 aliphatic heterocycles. The van der Waals surface area contributed by atoms with Gasteiger partial charge in [-0.15, -0.1) is 0 Å². The van der Waals surface area contributed by atoms with E-state index in [2.05, 4.69) is 41.5 Å². The number of nitrogens with zero attached hydrogens (tertiary/aromatic N) is 2. The van der Waals surface area contributed by atoms with Gasteiger partial charge in [0.05, 0.1) is 22.3 Å². The van der Waals surface area contributed by atoms with E-state index in [1.165, 1.54) is 32.1 Å². The molecule has 0 amide bonds. The second-order valence-electron chi connectivity index (χ2n) is 11.1. The predicted octanol–water partition coefficient (Wildman–Crippen LogP) is 6.08. The molecule has 5 heteroatoms. The molecule has 2 aliphatic rings. The highest BCUT2D eigenvalue weighted by atomic mass is 31.1. The Morgan fingerprint density at radius 2 is 1.17 bits per heavy atom. The van der Waals surface area contributed by atoms with E-state index in [9.17, 15) is 9.59 Å². The number of hydrogen-bond acceptors (Lipinski definition) is 2. The van der Waals surface area contributed by atoms with Crippen molar-refractivity contribution in [3.63, 3.8) is 0 Å². The molecule has 158 valence electrons. The summed E-state index contributed by atoms with van der Waals surface area (Å²) in [6, 6.07) is 7.37. The Morgan fingerprint density at radius 3 is 1.55 bits per heavy atom. The van der Waals surface area contributed by atoms with Gasteiger partial charge in [-0.05, 0) is 41.5 Å². The maximum absolute atomic E-state index is 13.7. The van der Waals surface area contributed by atoms with Gasteiger partial charge in [-0.3, -0.25) is 9.59 Å². The molecule has 1 fully saturated rings. The van der Waals surface area contributed by atoms with Crippen molar-refractivity contribution in [2.75, 3.05) is 0 Å². The molecular formula is C24H35N2O2P. The highest BCUT2D eigenvalue weighted by Gasteiger charge is 2.53. The molecule has 4 rings (SSSR count). The fourth-order valence-corrected chi connectivity index (χ4v) is 10.3. The lowest BCUT2D eigenvalue weighted by atomic mass is 9.96. The minimum atomic E-state index is -0.562. The smallest absolute Gasteiger partial charge is 0.267 e. The molecule has 1 unspecified atom stereocenters. The van der Waals surface area contributed by atoms with Crippen molar-refractivity contribution in [1.82, 2.24) is 9.36 Å². The maximum atomic E-state index is 13.7. The summed E-state index contributed by atoms with van der Waals surface area (Å²) in [6.45, 7) is 13.5. The summed E-state index contributed by atoms with van der Waals surface area (Å²) >= 11 is 0. The lowest BCUT2D eigenvalue weighted by Gasteiger charge is -2.43. The Kier molecular flexibility index (Phi) is 5.09. The van der Waals surface area contributed by atoms with Gasteiger partial charge in [0.15, 0.2) is 0 Å². The highest BCUT2D eigenvalue weighted by molar-refractivity contribution is 7.59. The van der Waals surface area contributed by atoms with E-state index in [4.69, 9.17) is 0 Å². The van der Waals surface area contributed by atoms with E-state index in [0.717, 1.165) is 0 Å². The van der Waals surface area contributed by atoms with Gasteiger partial charge in [0.25, 0.3) is 11.1 Å². The molecule has 2 aromatic rings. The van der Waals surface area contributed by atoms with Gasteiger partial charge >= 0.3 is 0 Å². The van der Waals surface area contributed by atoms with E-state index in [1.54, 1.807) is 0 Å². The third-order valence-electron chi connectivity index (χ3n) is 6.61. The molecule has 29 heavy (non-hydrogen) atoms. The van der Waals surface area contributed by atoms with Crippen LogP contribution in [0.1, 0.15) is 85.2 Å². The summed E-state index contributed by atoms with van der Waals surface area (Å²) in [5.74, 6) is 0.185. The molecule has 0 saturated heterocycles. The minimum absolute atomic E-state index is 0.00943. The van der Waals surface area contributed by atoms with E-state index in [0.29, 0.717) is 16.4 Å². The van der Waals surface area contributed by atoms with Crippen molar-refractivity contribution in [3.05, 3.63) is 45.0 Å². The molecule has 3 atom stereocenters. The van der Waals surface area contributed by atoms with E-state index in [-0.39, 0.29) is 33.5 Å². The van der Waals surface area contributed by atoms with Gasteiger partial charge in [0.2, 0.25) is 0 Å². The zero-order valence-corrected chi connectivity index (χ0v) is 19.6. The van der Waals surface area contributed by atoms with Gasteiger partial charge in [0, 0.05) is 0 Å². The minimum Gasteiger partial charge on any atom is -0.267 e. The molecule has 1 aromatic heterocycles. The summed E-state index contributed by atoms with van der Waals surface area (Å²) in [5, 5.41) is 1.13. The van der Waals surface area contributed by atoms with Crippen LogP contribution in [0.3, 0.4) is 0 Å². The first-order chi connectivity index (χ1) is 13.5. The SMILES string of the molecule is CC(C)(C)[C@@H]1n2c(=O)c3ccccc3c(=O)n2[C@H](C(C)(C)C)P1C1CCCCC1. The number of rotatable bonds is 1. The van der Waals surface area contributed by atoms with Crippen molar-refractivity contribution < 1.29 is 0 Å². The summed E-state index contributed by atoms with van der Waals surface area (Å²) in [7, 11) is -0.562. The first-order valence-electron chi connectivity index (χ1n) is 11.1. The molecule has 1 saturated carbocycles. The quantitative estimate of drug-likeness (QED) is 0.531. The number of benzene rings is 1. The fraction of sp³-hybridized carbons (Fsp3) is 0.667. The van der Waals surface area contributed by atoms with Crippen LogP contribution < -0.4 is 11.1 Å². The number of fused-ring (bicyclic) bond motifs is 2. The molecule has 1 aliphatic carbocycles. The molecule has 0 spiro atoms. The second-order valence-corrected chi connectivity index (χ2v) is 13.7. The summed E-state index contributed by atoms with van der Waals surface area (Å²) < 4.78 is 3.81. The van der Waals surface area contributed by atoms with E-state index in [1.807, 2.05) is 33.6 Å². The molecular weight excluding hydrogens is 379 g/mol. The van der Waals surface area contributed by atoms with Gasteiger partial charge in [-0.2, -0.15) is 0 Å². The lowest BCUT2D eigenvalue weighted by molar-refractivity contribution is 0.252. The summed E-state index contributed by atoms with van der Waals surface area (Å²) in [6.07, 6.45) is 6.35. The van der Waals surface area contributed by atoms with Crippen molar-refractivity contribution in [3.8, 4) is 0 Å². The predicted molar refractivity (Wildman–Crippen MR) is 123 cm³/mol. The average molecular weight is 415 g/mol. The Hall–Kier alpha value is -1.41. The molecule has 2 heterocycles. The van der Waals surface area contributed by atoms with Crippen LogP contribution in [-0.2, 0) is 0 Å². The molecule has 0 radical (unpaired) electrons. The fourth-order valence-electron chi connectivity index (χ4n) is 5.55. The van der Waals surface area contributed by atoms with Crippen molar-refractivity contribution in [2.45, 2.75) is 90.9 Å². The molecule has 4 nitrogen and oxygen atoms in total. The average Bonchev–Trinajstić information content (AvgIpc) is 3.04.